The summed E-state index contributed by atoms with van der Waals surface area (Å²) in [5.41, 5.74) is 26.9. The summed E-state index contributed by atoms with van der Waals surface area (Å²) < 4.78 is 7.25. The SMILES string of the molecule is C1=CCC=CC(C2(c3ccccc3)c3ccccc3-c3c(-c4cccc5c4oc4cccc(C6Cc7cc(C(Cc8ccccc8-c8ccccc8)c8ccc(-c9ccccc9)cc8)ccc7-c7ccccc76)c45)cccc32)=C1. The molecule has 374 valence electrons. The van der Waals surface area contributed by atoms with Gasteiger partial charge in [-0.15, -0.1) is 0 Å². The third kappa shape index (κ3) is 7.75. The predicted molar refractivity (Wildman–Crippen MR) is 329 cm³/mol. The standard InChI is InChI=1S/C78H56O/c1-2-11-29-59(28-10-1)78(60-30-12-5-13-31-60)72-40-19-18-35-68(72)75-65(36-21-41-73(75)78)67-38-20-39-69-76-66(37-22-42-74(76)79-77(67)69)71-51-58-49-57(47-48-62(58)63-33-16-17-34-64(63)71)70(55-45-43-53(44-46-55)52-23-6-3-7-24-52)50-56-27-14-15-32-61(56)54-25-8-4-9-26-54/h1,3-49,70-71H,2,50-51H2. The Labute approximate surface area is 462 Å². The first kappa shape index (κ1) is 46.7. The number of furan rings is 1. The first-order valence-corrected chi connectivity index (χ1v) is 28.0. The number of hydrogen-bond acceptors (Lipinski definition) is 1. The molecule has 0 aliphatic heterocycles. The summed E-state index contributed by atoms with van der Waals surface area (Å²) in [6.07, 6.45) is 14.1. The first-order chi connectivity index (χ1) is 39.2. The second-order valence-electron chi connectivity index (χ2n) is 21.6. The highest BCUT2D eigenvalue weighted by molar-refractivity contribution is 6.13. The average molecular weight is 1010 g/mol. The molecule has 0 N–H and O–H groups in total. The molecular weight excluding hydrogens is 953 g/mol. The van der Waals surface area contributed by atoms with Gasteiger partial charge in [0.25, 0.3) is 0 Å². The van der Waals surface area contributed by atoms with Crippen molar-refractivity contribution in [3.05, 3.63) is 347 Å². The van der Waals surface area contributed by atoms with E-state index in [0.717, 1.165) is 41.4 Å². The molecule has 79 heavy (non-hydrogen) atoms. The number of hydrogen-bond donors (Lipinski definition) is 0. The molecule has 3 unspecified atom stereocenters. The summed E-state index contributed by atoms with van der Waals surface area (Å²) in [5.74, 6) is 0.223. The van der Waals surface area contributed by atoms with Crippen molar-refractivity contribution in [1.82, 2.24) is 0 Å². The van der Waals surface area contributed by atoms with Gasteiger partial charge < -0.3 is 4.42 Å². The van der Waals surface area contributed by atoms with E-state index in [9.17, 15) is 0 Å². The lowest BCUT2D eigenvalue weighted by Crippen LogP contribution is -2.29. The van der Waals surface area contributed by atoms with E-state index in [-0.39, 0.29) is 11.8 Å². The van der Waals surface area contributed by atoms with Gasteiger partial charge in [0.2, 0.25) is 0 Å². The Bertz CT molecular complexity index is 4380. The Morgan fingerprint density at radius 3 is 1.92 bits per heavy atom. The van der Waals surface area contributed by atoms with Gasteiger partial charge in [-0.1, -0.05) is 285 Å². The Balaban J connectivity index is 0.863. The van der Waals surface area contributed by atoms with Crippen molar-refractivity contribution >= 4 is 21.9 Å². The number of benzene rings is 11. The molecule has 11 aromatic carbocycles. The topological polar surface area (TPSA) is 13.1 Å². The minimum atomic E-state index is -0.506. The van der Waals surface area contributed by atoms with Crippen molar-refractivity contribution < 1.29 is 4.42 Å². The number of rotatable bonds is 10. The summed E-state index contributed by atoms with van der Waals surface area (Å²) >= 11 is 0. The van der Waals surface area contributed by atoms with Crippen LogP contribution in [0.1, 0.15) is 68.3 Å². The molecule has 0 spiro atoms. The molecule has 3 aliphatic rings. The smallest absolute Gasteiger partial charge is 0.143 e. The maximum absolute atomic E-state index is 7.25. The Kier molecular flexibility index (Phi) is 11.5. The number of para-hydroxylation sites is 1. The van der Waals surface area contributed by atoms with Gasteiger partial charge in [0.05, 0.1) is 5.41 Å². The molecule has 15 rings (SSSR count). The molecule has 0 amide bonds. The van der Waals surface area contributed by atoms with Gasteiger partial charge in [0.15, 0.2) is 0 Å². The molecule has 12 aromatic rings. The van der Waals surface area contributed by atoms with Gasteiger partial charge in [0, 0.05) is 28.2 Å². The number of fused-ring (bicyclic) bond motifs is 9. The lowest BCUT2D eigenvalue weighted by molar-refractivity contribution is 0.669. The molecule has 1 nitrogen and oxygen atoms in total. The van der Waals surface area contributed by atoms with Crippen LogP contribution in [0.2, 0.25) is 0 Å². The fourth-order valence-corrected chi connectivity index (χ4v) is 13.9. The van der Waals surface area contributed by atoms with E-state index in [0.29, 0.717) is 0 Å². The van der Waals surface area contributed by atoms with Crippen LogP contribution in [0.3, 0.4) is 0 Å². The van der Waals surface area contributed by atoms with Crippen LogP contribution in [0.25, 0.3) is 77.6 Å². The van der Waals surface area contributed by atoms with Crippen molar-refractivity contribution in [1.29, 1.82) is 0 Å². The zero-order valence-corrected chi connectivity index (χ0v) is 43.9. The first-order valence-electron chi connectivity index (χ1n) is 28.0. The van der Waals surface area contributed by atoms with Crippen molar-refractivity contribution in [3.8, 4) is 55.6 Å². The average Bonchev–Trinajstić information content (AvgIpc) is 4.17. The van der Waals surface area contributed by atoms with Crippen LogP contribution in [0, 0.1) is 0 Å². The summed E-state index contributed by atoms with van der Waals surface area (Å²) in [5, 5.41) is 2.34. The molecular formula is C78H56O. The minimum Gasteiger partial charge on any atom is -0.455 e. The highest BCUT2D eigenvalue weighted by Gasteiger charge is 2.47. The third-order valence-corrected chi connectivity index (χ3v) is 17.4. The Morgan fingerprint density at radius 2 is 1.09 bits per heavy atom. The quantitative estimate of drug-likeness (QED) is 0.133. The molecule has 1 heterocycles. The van der Waals surface area contributed by atoms with Gasteiger partial charge in [0.1, 0.15) is 11.2 Å². The largest absolute Gasteiger partial charge is 0.455 e. The van der Waals surface area contributed by atoms with E-state index < -0.39 is 5.41 Å². The second-order valence-corrected chi connectivity index (χ2v) is 21.6. The third-order valence-electron chi connectivity index (χ3n) is 17.4. The summed E-state index contributed by atoms with van der Waals surface area (Å²) in [6.45, 7) is 0. The van der Waals surface area contributed by atoms with Crippen LogP contribution < -0.4 is 0 Å². The highest BCUT2D eigenvalue weighted by Crippen LogP contribution is 2.59. The van der Waals surface area contributed by atoms with E-state index in [1.54, 1.807) is 0 Å². The molecule has 3 aliphatic carbocycles. The van der Waals surface area contributed by atoms with Crippen LogP contribution >= 0.6 is 0 Å². The van der Waals surface area contributed by atoms with E-state index in [4.69, 9.17) is 4.42 Å². The Morgan fingerprint density at radius 1 is 0.456 bits per heavy atom. The van der Waals surface area contributed by atoms with Crippen molar-refractivity contribution in [3.63, 3.8) is 0 Å². The van der Waals surface area contributed by atoms with E-state index in [1.165, 1.54) is 111 Å². The molecule has 1 heteroatoms. The van der Waals surface area contributed by atoms with Crippen LogP contribution in [-0.4, -0.2) is 0 Å². The lowest BCUT2D eigenvalue weighted by atomic mass is 9.67. The molecule has 0 saturated carbocycles. The zero-order chi connectivity index (χ0) is 52.3. The van der Waals surface area contributed by atoms with Gasteiger partial charge >= 0.3 is 0 Å². The van der Waals surface area contributed by atoms with E-state index in [1.807, 2.05) is 0 Å². The normalized spacial score (nSPS) is 16.4. The highest BCUT2D eigenvalue weighted by atomic mass is 16.3. The molecule has 0 saturated heterocycles. The predicted octanol–water partition coefficient (Wildman–Crippen LogP) is 20.1. The van der Waals surface area contributed by atoms with Crippen molar-refractivity contribution in [2.45, 2.75) is 36.5 Å². The summed E-state index contributed by atoms with van der Waals surface area (Å²) in [4.78, 5) is 0. The maximum Gasteiger partial charge on any atom is 0.143 e. The van der Waals surface area contributed by atoms with Crippen LogP contribution in [-0.2, 0) is 18.3 Å². The van der Waals surface area contributed by atoms with E-state index in [2.05, 4.69) is 291 Å². The molecule has 3 atom stereocenters. The summed E-state index contributed by atoms with van der Waals surface area (Å²) in [6, 6.07) is 97.1. The van der Waals surface area contributed by atoms with Crippen molar-refractivity contribution in [2.24, 2.45) is 0 Å². The maximum atomic E-state index is 7.25. The van der Waals surface area contributed by atoms with E-state index >= 15 is 0 Å². The molecule has 1 aromatic heterocycles. The van der Waals surface area contributed by atoms with Gasteiger partial charge in [-0.25, -0.2) is 0 Å². The lowest BCUT2D eigenvalue weighted by Gasteiger charge is -2.34. The van der Waals surface area contributed by atoms with Crippen molar-refractivity contribution in [2.75, 3.05) is 0 Å². The fourth-order valence-electron chi connectivity index (χ4n) is 13.9. The second kappa shape index (κ2) is 19.5. The minimum absolute atomic E-state index is 0.101. The number of allylic oxidation sites excluding steroid dienone is 6. The fraction of sp³-hybridized carbons (Fsp3) is 0.0769. The van der Waals surface area contributed by atoms with Crippen LogP contribution in [0.15, 0.2) is 301 Å². The van der Waals surface area contributed by atoms with Crippen LogP contribution in [0.4, 0.5) is 0 Å². The summed E-state index contributed by atoms with van der Waals surface area (Å²) in [7, 11) is 0. The van der Waals surface area contributed by atoms with Crippen LogP contribution in [0.5, 0.6) is 0 Å². The molecule has 0 bridgehead atoms. The molecule has 0 radical (unpaired) electrons. The molecule has 0 fully saturated rings. The van der Waals surface area contributed by atoms with Gasteiger partial charge in [-0.3, -0.25) is 0 Å². The zero-order valence-electron chi connectivity index (χ0n) is 43.9. The monoisotopic (exact) mass is 1010 g/mol. The van der Waals surface area contributed by atoms with Gasteiger partial charge in [-0.2, -0.15) is 0 Å². The van der Waals surface area contributed by atoms with Gasteiger partial charge in [-0.05, 0) is 131 Å². The Hall–Kier alpha value is -9.56.